The van der Waals surface area contributed by atoms with Gasteiger partial charge < -0.3 is 4.90 Å². The van der Waals surface area contributed by atoms with E-state index in [9.17, 15) is 14.4 Å². The van der Waals surface area contributed by atoms with Gasteiger partial charge in [-0.2, -0.15) is 0 Å². The van der Waals surface area contributed by atoms with Gasteiger partial charge >= 0.3 is 0 Å². The highest BCUT2D eigenvalue weighted by Gasteiger charge is 2.39. The Morgan fingerprint density at radius 2 is 2.07 bits per heavy atom. The van der Waals surface area contributed by atoms with Crippen molar-refractivity contribution in [2.45, 2.75) is 32.4 Å². The van der Waals surface area contributed by atoms with Crippen LogP contribution >= 0.6 is 11.3 Å². The minimum Gasteiger partial charge on any atom is -0.322 e. The van der Waals surface area contributed by atoms with E-state index in [0.29, 0.717) is 18.5 Å². The smallest absolute Gasteiger partial charge is 0.255 e. The number of carbonyl (C=O) groups is 3. The Balaban J connectivity index is 1.42. The summed E-state index contributed by atoms with van der Waals surface area (Å²) in [6, 6.07) is 6.92. The molecule has 5 rings (SSSR count). The number of fused-ring (bicyclic) bond motifs is 1. The number of nitrogens with one attached hydrogen (secondary N) is 1. The minimum atomic E-state index is -0.615. The van der Waals surface area contributed by atoms with Crippen molar-refractivity contribution < 1.29 is 14.4 Å². The summed E-state index contributed by atoms with van der Waals surface area (Å²) in [5, 5.41) is 12.8. The normalized spacial score (nSPS) is 18.9. The first-order chi connectivity index (χ1) is 14.0. The van der Waals surface area contributed by atoms with Gasteiger partial charge in [0.2, 0.25) is 11.8 Å². The molecule has 2 aliphatic rings. The summed E-state index contributed by atoms with van der Waals surface area (Å²) in [6.07, 6.45) is 2.46. The summed E-state index contributed by atoms with van der Waals surface area (Å²) in [5.41, 5.74) is 4.17. The summed E-state index contributed by atoms with van der Waals surface area (Å²) < 4.78 is 1.69. The molecule has 8 nitrogen and oxygen atoms in total. The summed E-state index contributed by atoms with van der Waals surface area (Å²) in [5.74, 6) is -0.884. The van der Waals surface area contributed by atoms with Gasteiger partial charge in [0.15, 0.2) is 0 Å². The highest BCUT2D eigenvalue weighted by atomic mass is 32.1. The van der Waals surface area contributed by atoms with Crippen molar-refractivity contribution in [1.82, 2.24) is 25.2 Å². The summed E-state index contributed by atoms with van der Waals surface area (Å²) in [6.45, 7) is 2.37. The van der Waals surface area contributed by atoms with Crippen LogP contribution in [0.4, 0.5) is 0 Å². The van der Waals surface area contributed by atoms with Gasteiger partial charge in [0.25, 0.3) is 5.91 Å². The molecule has 2 aliphatic heterocycles. The lowest BCUT2D eigenvalue weighted by atomic mass is 10.0. The molecule has 3 aromatic rings. The average molecular weight is 407 g/mol. The van der Waals surface area contributed by atoms with Crippen molar-refractivity contribution in [2.24, 2.45) is 0 Å². The van der Waals surface area contributed by atoms with Crippen LogP contribution in [0.15, 0.2) is 35.8 Å². The van der Waals surface area contributed by atoms with Gasteiger partial charge in [-0.1, -0.05) is 5.21 Å². The molecule has 29 heavy (non-hydrogen) atoms. The Bertz CT molecular complexity index is 1160. The van der Waals surface area contributed by atoms with Gasteiger partial charge in [-0.25, -0.2) is 4.68 Å². The van der Waals surface area contributed by atoms with E-state index in [0.717, 1.165) is 27.4 Å². The third-order valence-electron chi connectivity index (χ3n) is 5.36. The molecular weight excluding hydrogens is 390 g/mol. The Morgan fingerprint density at radius 3 is 2.83 bits per heavy atom. The molecule has 9 heteroatoms. The van der Waals surface area contributed by atoms with Crippen LogP contribution in [0.1, 0.15) is 34.3 Å². The number of hydrogen-bond acceptors (Lipinski definition) is 6. The number of aryl methyl sites for hydroxylation is 1. The maximum atomic E-state index is 12.8. The number of rotatable bonds is 3. The molecule has 1 N–H and O–H groups in total. The lowest BCUT2D eigenvalue weighted by Crippen LogP contribution is -2.52. The van der Waals surface area contributed by atoms with Crippen molar-refractivity contribution in [3.8, 4) is 16.3 Å². The fraction of sp³-hybridized carbons (Fsp3) is 0.250. The fourth-order valence-corrected chi connectivity index (χ4v) is 4.71. The molecule has 0 spiro atoms. The predicted molar refractivity (Wildman–Crippen MR) is 105 cm³/mol. The second-order valence-electron chi connectivity index (χ2n) is 7.22. The van der Waals surface area contributed by atoms with Crippen molar-refractivity contribution >= 4 is 29.1 Å². The Kier molecular flexibility index (Phi) is 4.06. The molecule has 0 radical (unpaired) electrons. The van der Waals surface area contributed by atoms with Crippen LogP contribution in [0, 0.1) is 6.92 Å². The van der Waals surface area contributed by atoms with E-state index in [4.69, 9.17) is 0 Å². The van der Waals surface area contributed by atoms with Crippen LogP contribution in [0.3, 0.4) is 0 Å². The molecule has 1 aromatic carbocycles. The topological polar surface area (TPSA) is 97.2 Å². The average Bonchev–Trinajstić information content (AvgIpc) is 3.41. The van der Waals surface area contributed by atoms with Crippen LogP contribution in [0.2, 0.25) is 0 Å². The molecule has 4 heterocycles. The number of amides is 3. The van der Waals surface area contributed by atoms with E-state index in [1.165, 1.54) is 4.90 Å². The molecule has 1 unspecified atom stereocenters. The van der Waals surface area contributed by atoms with Crippen molar-refractivity contribution in [3.05, 3.63) is 52.5 Å². The lowest BCUT2D eigenvalue weighted by molar-refractivity contribution is -0.136. The van der Waals surface area contributed by atoms with Crippen molar-refractivity contribution in [1.29, 1.82) is 0 Å². The molecule has 0 bridgehead atoms. The third kappa shape index (κ3) is 2.94. The van der Waals surface area contributed by atoms with Crippen LogP contribution in [0.5, 0.6) is 0 Å². The van der Waals surface area contributed by atoms with Gasteiger partial charge in [-0.05, 0) is 54.1 Å². The molecule has 146 valence electrons. The first kappa shape index (κ1) is 17.7. The SMILES string of the molecule is Cc1ccsc1-c1cn(-c2ccc3c(c2)CN(C2CCC(=O)NC2=O)C3=O)nn1. The molecular formula is C20H17N5O3S. The van der Waals surface area contributed by atoms with E-state index in [-0.39, 0.29) is 18.2 Å². The molecule has 0 saturated carbocycles. The maximum Gasteiger partial charge on any atom is 0.255 e. The van der Waals surface area contributed by atoms with E-state index in [2.05, 4.69) is 15.6 Å². The van der Waals surface area contributed by atoms with Crippen molar-refractivity contribution in [3.63, 3.8) is 0 Å². The number of thiophene rings is 1. The molecule has 1 saturated heterocycles. The first-order valence-corrected chi connectivity index (χ1v) is 10.1. The van der Waals surface area contributed by atoms with Gasteiger partial charge in [0.05, 0.1) is 16.8 Å². The van der Waals surface area contributed by atoms with Gasteiger partial charge in [-0.3, -0.25) is 19.7 Å². The van der Waals surface area contributed by atoms with E-state index in [1.807, 2.05) is 36.7 Å². The summed E-state index contributed by atoms with van der Waals surface area (Å²) in [4.78, 5) is 39.0. The highest BCUT2D eigenvalue weighted by molar-refractivity contribution is 7.13. The largest absolute Gasteiger partial charge is 0.322 e. The number of benzene rings is 1. The van der Waals surface area contributed by atoms with Gasteiger partial charge in [0, 0.05) is 18.5 Å². The van der Waals surface area contributed by atoms with Gasteiger partial charge in [0.1, 0.15) is 11.7 Å². The fourth-order valence-electron chi connectivity index (χ4n) is 3.83. The van der Waals surface area contributed by atoms with Crippen LogP contribution in [0.25, 0.3) is 16.3 Å². The Hall–Kier alpha value is -3.33. The van der Waals surface area contributed by atoms with E-state index < -0.39 is 11.9 Å². The number of hydrogen-bond donors (Lipinski definition) is 1. The number of nitrogens with zero attached hydrogens (tertiary/aromatic N) is 4. The molecule has 3 amide bonds. The number of aromatic nitrogens is 3. The van der Waals surface area contributed by atoms with E-state index in [1.54, 1.807) is 22.1 Å². The second-order valence-corrected chi connectivity index (χ2v) is 8.14. The lowest BCUT2D eigenvalue weighted by Gasteiger charge is -2.29. The van der Waals surface area contributed by atoms with E-state index >= 15 is 0 Å². The zero-order valence-corrected chi connectivity index (χ0v) is 16.4. The van der Waals surface area contributed by atoms with Gasteiger partial charge in [-0.15, -0.1) is 16.4 Å². The zero-order chi connectivity index (χ0) is 20.1. The highest BCUT2D eigenvalue weighted by Crippen LogP contribution is 2.30. The zero-order valence-electron chi connectivity index (χ0n) is 15.6. The van der Waals surface area contributed by atoms with Crippen molar-refractivity contribution in [2.75, 3.05) is 0 Å². The van der Waals surface area contributed by atoms with Crippen LogP contribution < -0.4 is 5.32 Å². The molecule has 2 aromatic heterocycles. The number of piperidine rings is 1. The molecule has 0 aliphatic carbocycles. The van der Waals surface area contributed by atoms with Crippen LogP contribution in [-0.2, 0) is 16.1 Å². The molecule has 1 fully saturated rings. The summed E-state index contributed by atoms with van der Waals surface area (Å²) in [7, 11) is 0. The predicted octanol–water partition coefficient (Wildman–Crippen LogP) is 2.07. The maximum absolute atomic E-state index is 12.8. The Morgan fingerprint density at radius 1 is 1.21 bits per heavy atom. The monoisotopic (exact) mass is 407 g/mol. The second kappa shape index (κ2) is 6.63. The molecule has 1 atom stereocenters. The van der Waals surface area contributed by atoms with Crippen LogP contribution in [-0.4, -0.2) is 43.7 Å². The third-order valence-corrected chi connectivity index (χ3v) is 6.40. The quantitative estimate of drug-likeness (QED) is 0.671. The summed E-state index contributed by atoms with van der Waals surface area (Å²) >= 11 is 1.62. The minimum absolute atomic E-state index is 0.186. The number of carbonyl (C=O) groups excluding carboxylic acids is 3. The standard InChI is InChI=1S/C20H17N5O3S/c1-11-6-7-29-18(11)15-10-25(23-22-15)13-2-3-14-12(8-13)9-24(20(14)28)16-4-5-17(26)21-19(16)27/h2-3,6-8,10,16H,4-5,9H2,1H3,(H,21,26,27). The number of imide groups is 1. The first-order valence-electron chi connectivity index (χ1n) is 9.26. The Labute approximate surface area is 170 Å².